The zero-order chi connectivity index (χ0) is 14.7. The van der Waals surface area contributed by atoms with Crippen molar-refractivity contribution in [3.8, 4) is 0 Å². The number of nitrogens with zero attached hydrogens (tertiary/aromatic N) is 1. The number of rotatable bonds is 4. The van der Waals surface area contributed by atoms with E-state index in [0.717, 1.165) is 12.5 Å². The number of benzene rings is 1. The van der Waals surface area contributed by atoms with E-state index in [2.05, 4.69) is 63.2 Å². The topological polar surface area (TPSA) is 15.3 Å². The van der Waals surface area contributed by atoms with E-state index >= 15 is 0 Å². The van der Waals surface area contributed by atoms with Gasteiger partial charge in [0.05, 0.1) is 0 Å². The van der Waals surface area contributed by atoms with Crippen LogP contribution in [0, 0.1) is 19.8 Å². The van der Waals surface area contributed by atoms with E-state index in [1.165, 1.54) is 36.1 Å². The van der Waals surface area contributed by atoms with E-state index in [-0.39, 0.29) is 0 Å². The molecule has 112 valence electrons. The minimum absolute atomic E-state index is 0.565. The second kappa shape index (κ2) is 6.73. The first-order valence-electron chi connectivity index (χ1n) is 8.00. The third-order valence-electron chi connectivity index (χ3n) is 4.54. The molecule has 0 radical (unpaired) electrons. The molecule has 0 aliphatic carbocycles. The molecule has 1 aromatic carbocycles. The van der Waals surface area contributed by atoms with Gasteiger partial charge in [0.1, 0.15) is 0 Å². The zero-order valence-corrected chi connectivity index (χ0v) is 13.7. The van der Waals surface area contributed by atoms with Crippen molar-refractivity contribution in [3.63, 3.8) is 0 Å². The minimum Gasteiger partial charge on any atom is -0.314 e. The Balaban J connectivity index is 2.22. The van der Waals surface area contributed by atoms with Crippen molar-refractivity contribution in [2.45, 2.75) is 52.6 Å². The molecule has 2 unspecified atom stereocenters. The molecule has 1 aromatic rings. The second-order valence-electron chi connectivity index (χ2n) is 6.75. The Morgan fingerprint density at radius 3 is 2.70 bits per heavy atom. The molecule has 2 nitrogen and oxygen atoms in total. The van der Waals surface area contributed by atoms with Crippen molar-refractivity contribution in [2.24, 2.45) is 5.92 Å². The lowest BCUT2D eigenvalue weighted by Crippen LogP contribution is -2.42. The third kappa shape index (κ3) is 3.62. The third-order valence-corrected chi connectivity index (χ3v) is 4.54. The normalized spacial score (nSPS) is 24.3. The van der Waals surface area contributed by atoms with Gasteiger partial charge in [-0.3, -0.25) is 4.90 Å². The molecular formula is C18H30N2. The molecule has 1 fully saturated rings. The summed E-state index contributed by atoms with van der Waals surface area (Å²) < 4.78 is 0. The molecule has 0 bridgehead atoms. The molecule has 0 spiro atoms. The molecule has 1 heterocycles. The van der Waals surface area contributed by atoms with E-state index in [1.807, 2.05) is 0 Å². The number of piperidine rings is 1. The van der Waals surface area contributed by atoms with Crippen molar-refractivity contribution < 1.29 is 0 Å². The molecule has 1 aliphatic heterocycles. The highest BCUT2D eigenvalue weighted by Gasteiger charge is 2.31. The van der Waals surface area contributed by atoms with Gasteiger partial charge >= 0.3 is 0 Å². The van der Waals surface area contributed by atoms with E-state index in [1.54, 1.807) is 0 Å². The van der Waals surface area contributed by atoms with Crippen molar-refractivity contribution in [2.75, 3.05) is 20.1 Å². The van der Waals surface area contributed by atoms with Crippen LogP contribution in [0.5, 0.6) is 0 Å². The molecule has 1 N–H and O–H groups in total. The van der Waals surface area contributed by atoms with Gasteiger partial charge in [0.25, 0.3) is 0 Å². The molecule has 0 aromatic heterocycles. The summed E-state index contributed by atoms with van der Waals surface area (Å²) in [6.45, 7) is 11.3. The average molecular weight is 274 g/mol. The van der Waals surface area contributed by atoms with Gasteiger partial charge in [-0.15, -0.1) is 0 Å². The van der Waals surface area contributed by atoms with Crippen LogP contribution in [-0.4, -0.2) is 31.1 Å². The molecule has 2 rings (SSSR count). The monoisotopic (exact) mass is 274 g/mol. The van der Waals surface area contributed by atoms with E-state index in [0.29, 0.717) is 12.1 Å². The second-order valence-corrected chi connectivity index (χ2v) is 6.75. The van der Waals surface area contributed by atoms with Gasteiger partial charge in [-0.1, -0.05) is 37.6 Å². The van der Waals surface area contributed by atoms with Crippen LogP contribution in [0.2, 0.25) is 0 Å². The Labute approximate surface area is 124 Å². The summed E-state index contributed by atoms with van der Waals surface area (Å²) >= 11 is 0. The predicted molar refractivity (Wildman–Crippen MR) is 87.1 cm³/mol. The van der Waals surface area contributed by atoms with Gasteiger partial charge in [0, 0.05) is 18.6 Å². The fraction of sp³-hybridized carbons (Fsp3) is 0.667. The maximum atomic E-state index is 3.64. The smallest absolute Gasteiger partial charge is 0.0387 e. The highest BCUT2D eigenvalue weighted by Crippen LogP contribution is 2.36. The molecule has 2 atom stereocenters. The summed E-state index contributed by atoms with van der Waals surface area (Å²) in [4.78, 5) is 2.55. The van der Waals surface area contributed by atoms with E-state index < -0.39 is 0 Å². The van der Waals surface area contributed by atoms with Crippen LogP contribution in [0.1, 0.15) is 49.4 Å². The summed E-state index contributed by atoms with van der Waals surface area (Å²) in [5.74, 6) is 0.720. The predicted octanol–water partition coefficient (Wildman–Crippen LogP) is 3.68. The van der Waals surface area contributed by atoms with Crippen molar-refractivity contribution in [1.29, 1.82) is 0 Å². The van der Waals surface area contributed by atoms with Crippen LogP contribution in [0.25, 0.3) is 0 Å². The summed E-state index contributed by atoms with van der Waals surface area (Å²) in [5, 5.41) is 3.64. The number of likely N-dealkylation sites (tertiary alicyclic amines) is 1. The molecular weight excluding hydrogens is 244 g/mol. The van der Waals surface area contributed by atoms with Gasteiger partial charge in [-0.25, -0.2) is 0 Å². The van der Waals surface area contributed by atoms with E-state index in [9.17, 15) is 0 Å². The van der Waals surface area contributed by atoms with Crippen molar-refractivity contribution in [3.05, 3.63) is 34.9 Å². The van der Waals surface area contributed by atoms with Crippen molar-refractivity contribution >= 4 is 0 Å². The summed E-state index contributed by atoms with van der Waals surface area (Å²) in [6, 6.07) is 8.07. The standard InChI is InChI=1S/C18H30N2/c1-13(2)19-12-16-7-6-10-20(5)18(16)17-9-8-14(3)11-15(17)4/h8-9,11,13,16,18-19H,6-7,10,12H2,1-5H3. The Morgan fingerprint density at radius 1 is 1.30 bits per heavy atom. The maximum absolute atomic E-state index is 3.64. The van der Waals surface area contributed by atoms with Crippen molar-refractivity contribution in [1.82, 2.24) is 10.2 Å². The van der Waals surface area contributed by atoms with E-state index in [4.69, 9.17) is 0 Å². The van der Waals surface area contributed by atoms with Gasteiger partial charge < -0.3 is 5.32 Å². The molecule has 2 heteroatoms. The first-order chi connectivity index (χ1) is 9.49. The molecule has 0 amide bonds. The number of hydrogen-bond acceptors (Lipinski definition) is 2. The lowest BCUT2D eigenvalue weighted by Gasteiger charge is -2.40. The van der Waals surface area contributed by atoms with Gasteiger partial charge in [-0.05, 0) is 57.3 Å². The van der Waals surface area contributed by atoms with Crippen LogP contribution >= 0.6 is 0 Å². The Morgan fingerprint density at radius 2 is 2.05 bits per heavy atom. The largest absolute Gasteiger partial charge is 0.314 e. The highest BCUT2D eigenvalue weighted by molar-refractivity contribution is 5.33. The lowest BCUT2D eigenvalue weighted by molar-refractivity contribution is 0.117. The van der Waals surface area contributed by atoms with Crippen LogP contribution in [0.15, 0.2) is 18.2 Å². The Hall–Kier alpha value is -0.860. The Kier molecular flexibility index (Phi) is 5.22. The van der Waals surface area contributed by atoms with Crippen LogP contribution in [0.3, 0.4) is 0 Å². The molecule has 20 heavy (non-hydrogen) atoms. The number of nitrogens with one attached hydrogen (secondary N) is 1. The summed E-state index contributed by atoms with van der Waals surface area (Å²) in [7, 11) is 2.28. The Bertz CT molecular complexity index is 439. The fourth-order valence-electron chi connectivity index (χ4n) is 3.51. The number of hydrogen-bond donors (Lipinski definition) is 1. The lowest BCUT2D eigenvalue weighted by atomic mass is 9.83. The first kappa shape index (κ1) is 15.5. The highest BCUT2D eigenvalue weighted by atomic mass is 15.1. The van der Waals surface area contributed by atoms with Gasteiger partial charge in [-0.2, -0.15) is 0 Å². The average Bonchev–Trinajstić information content (AvgIpc) is 2.37. The molecule has 1 aliphatic rings. The SMILES string of the molecule is Cc1ccc(C2C(CNC(C)C)CCCN2C)c(C)c1. The van der Waals surface area contributed by atoms with Gasteiger partial charge in [0.15, 0.2) is 0 Å². The van der Waals surface area contributed by atoms with Crippen LogP contribution < -0.4 is 5.32 Å². The van der Waals surface area contributed by atoms with Crippen LogP contribution in [-0.2, 0) is 0 Å². The van der Waals surface area contributed by atoms with Crippen LogP contribution in [0.4, 0.5) is 0 Å². The summed E-state index contributed by atoms with van der Waals surface area (Å²) in [6.07, 6.45) is 2.66. The molecule has 0 saturated carbocycles. The minimum atomic E-state index is 0.565. The summed E-state index contributed by atoms with van der Waals surface area (Å²) in [5.41, 5.74) is 4.33. The first-order valence-corrected chi connectivity index (χ1v) is 8.00. The number of aryl methyl sites for hydroxylation is 2. The zero-order valence-electron chi connectivity index (χ0n) is 13.7. The van der Waals surface area contributed by atoms with Gasteiger partial charge in [0.2, 0.25) is 0 Å². The quantitative estimate of drug-likeness (QED) is 0.901. The fourth-order valence-corrected chi connectivity index (χ4v) is 3.51. The molecule has 1 saturated heterocycles. The maximum Gasteiger partial charge on any atom is 0.0387 e.